The van der Waals surface area contributed by atoms with Crippen molar-refractivity contribution in [2.75, 3.05) is 10.6 Å². The van der Waals surface area contributed by atoms with Crippen molar-refractivity contribution in [2.45, 2.75) is 33.2 Å². The molecule has 5 heteroatoms. The molecule has 0 fully saturated rings. The summed E-state index contributed by atoms with van der Waals surface area (Å²) in [5.74, 6) is 1.44. The third kappa shape index (κ3) is 4.84. The Kier molecular flexibility index (Phi) is 5.47. The van der Waals surface area contributed by atoms with Gasteiger partial charge in [-0.2, -0.15) is 0 Å². The summed E-state index contributed by atoms with van der Waals surface area (Å²) < 4.78 is 0. The first-order valence-electron chi connectivity index (χ1n) is 7.49. The molecular formula is C17H22N4O. The van der Waals surface area contributed by atoms with Gasteiger partial charge in [0.2, 0.25) is 5.91 Å². The van der Waals surface area contributed by atoms with E-state index in [-0.39, 0.29) is 11.9 Å². The van der Waals surface area contributed by atoms with E-state index >= 15 is 0 Å². The summed E-state index contributed by atoms with van der Waals surface area (Å²) in [4.78, 5) is 11.7. The number of anilines is 2. The fraction of sp³-hybridized carbons (Fsp3) is 0.353. The van der Waals surface area contributed by atoms with E-state index in [0.29, 0.717) is 24.0 Å². The van der Waals surface area contributed by atoms with Gasteiger partial charge in [-0.3, -0.25) is 4.79 Å². The van der Waals surface area contributed by atoms with Gasteiger partial charge in [0, 0.05) is 12.5 Å². The van der Waals surface area contributed by atoms with Crippen molar-refractivity contribution in [3.05, 3.63) is 48.0 Å². The van der Waals surface area contributed by atoms with Crippen molar-refractivity contribution < 1.29 is 4.79 Å². The maximum absolute atomic E-state index is 11.7. The Labute approximate surface area is 131 Å². The SMILES string of the molecule is CC(C)CC(=O)Nc1ccc(NC(C)c2ccccc2)nn1. The number of hydrogen-bond acceptors (Lipinski definition) is 4. The van der Waals surface area contributed by atoms with E-state index in [0.717, 1.165) is 0 Å². The molecule has 1 amide bonds. The molecule has 0 saturated carbocycles. The highest BCUT2D eigenvalue weighted by molar-refractivity contribution is 5.89. The van der Waals surface area contributed by atoms with Crippen LogP contribution < -0.4 is 10.6 Å². The molecule has 1 atom stereocenters. The molecule has 22 heavy (non-hydrogen) atoms. The average molecular weight is 298 g/mol. The van der Waals surface area contributed by atoms with Gasteiger partial charge in [-0.05, 0) is 30.5 Å². The van der Waals surface area contributed by atoms with Gasteiger partial charge in [-0.1, -0.05) is 44.2 Å². The first-order chi connectivity index (χ1) is 10.5. The van der Waals surface area contributed by atoms with Crippen LogP contribution >= 0.6 is 0 Å². The van der Waals surface area contributed by atoms with Gasteiger partial charge in [0.1, 0.15) is 5.82 Å². The van der Waals surface area contributed by atoms with Crippen LogP contribution in [0.3, 0.4) is 0 Å². The fourth-order valence-corrected chi connectivity index (χ4v) is 2.09. The number of benzene rings is 1. The molecule has 1 aromatic heterocycles. The molecule has 1 unspecified atom stereocenters. The predicted octanol–water partition coefficient (Wildman–Crippen LogP) is 3.63. The summed E-state index contributed by atoms with van der Waals surface area (Å²) in [5, 5.41) is 14.2. The van der Waals surface area contributed by atoms with Crippen molar-refractivity contribution in [3.8, 4) is 0 Å². The van der Waals surface area contributed by atoms with E-state index in [1.165, 1.54) is 5.56 Å². The van der Waals surface area contributed by atoms with Crippen LogP contribution in [0.25, 0.3) is 0 Å². The summed E-state index contributed by atoms with van der Waals surface area (Å²) in [6, 6.07) is 13.8. The molecule has 0 spiro atoms. The summed E-state index contributed by atoms with van der Waals surface area (Å²) in [7, 11) is 0. The van der Waals surface area contributed by atoms with Gasteiger partial charge in [0.15, 0.2) is 5.82 Å². The molecule has 2 N–H and O–H groups in total. The van der Waals surface area contributed by atoms with Crippen LogP contribution in [0, 0.1) is 5.92 Å². The number of aromatic nitrogens is 2. The van der Waals surface area contributed by atoms with Crippen LogP contribution in [0.2, 0.25) is 0 Å². The Morgan fingerprint density at radius 2 is 1.64 bits per heavy atom. The van der Waals surface area contributed by atoms with Crippen molar-refractivity contribution in [2.24, 2.45) is 5.92 Å². The van der Waals surface area contributed by atoms with Crippen LogP contribution in [0.4, 0.5) is 11.6 Å². The van der Waals surface area contributed by atoms with E-state index in [2.05, 4.69) is 39.9 Å². The Morgan fingerprint density at radius 1 is 1.00 bits per heavy atom. The molecule has 5 nitrogen and oxygen atoms in total. The smallest absolute Gasteiger partial charge is 0.225 e. The summed E-state index contributed by atoms with van der Waals surface area (Å²) in [5.41, 5.74) is 1.18. The fourth-order valence-electron chi connectivity index (χ4n) is 2.09. The lowest BCUT2D eigenvalue weighted by Gasteiger charge is -2.14. The summed E-state index contributed by atoms with van der Waals surface area (Å²) in [6.07, 6.45) is 0.479. The number of nitrogens with zero attached hydrogens (tertiary/aromatic N) is 2. The zero-order chi connectivity index (χ0) is 15.9. The van der Waals surface area contributed by atoms with Gasteiger partial charge in [0.25, 0.3) is 0 Å². The van der Waals surface area contributed by atoms with Crippen molar-refractivity contribution >= 4 is 17.5 Å². The molecule has 1 aromatic carbocycles. The third-order valence-corrected chi connectivity index (χ3v) is 3.19. The number of nitrogens with one attached hydrogen (secondary N) is 2. The molecule has 116 valence electrons. The van der Waals surface area contributed by atoms with Crippen LogP contribution in [-0.4, -0.2) is 16.1 Å². The molecule has 0 aliphatic carbocycles. The average Bonchev–Trinajstić information content (AvgIpc) is 2.49. The molecule has 1 heterocycles. The number of rotatable bonds is 6. The summed E-state index contributed by atoms with van der Waals surface area (Å²) in [6.45, 7) is 6.07. The normalized spacial score (nSPS) is 12.0. The summed E-state index contributed by atoms with van der Waals surface area (Å²) >= 11 is 0. The predicted molar refractivity (Wildman–Crippen MR) is 88.6 cm³/mol. The minimum absolute atomic E-state index is 0.0392. The third-order valence-electron chi connectivity index (χ3n) is 3.19. The quantitative estimate of drug-likeness (QED) is 0.854. The first-order valence-corrected chi connectivity index (χ1v) is 7.49. The van der Waals surface area contributed by atoms with Crippen molar-refractivity contribution in [3.63, 3.8) is 0 Å². The molecule has 0 aliphatic heterocycles. The van der Waals surface area contributed by atoms with E-state index in [4.69, 9.17) is 0 Å². The highest BCUT2D eigenvalue weighted by Gasteiger charge is 2.08. The molecular weight excluding hydrogens is 276 g/mol. The minimum Gasteiger partial charge on any atom is -0.362 e. The highest BCUT2D eigenvalue weighted by Crippen LogP contribution is 2.17. The zero-order valence-corrected chi connectivity index (χ0v) is 13.2. The van der Waals surface area contributed by atoms with Gasteiger partial charge in [-0.15, -0.1) is 10.2 Å². The molecule has 0 bridgehead atoms. The van der Waals surface area contributed by atoms with Gasteiger partial charge >= 0.3 is 0 Å². The van der Waals surface area contributed by atoms with E-state index < -0.39 is 0 Å². The van der Waals surface area contributed by atoms with Gasteiger partial charge < -0.3 is 10.6 Å². The zero-order valence-electron chi connectivity index (χ0n) is 13.2. The Hall–Kier alpha value is -2.43. The topological polar surface area (TPSA) is 66.9 Å². The second-order valence-electron chi connectivity index (χ2n) is 5.73. The minimum atomic E-state index is -0.0392. The molecule has 2 rings (SSSR count). The maximum atomic E-state index is 11.7. The van der Waals surface area contributed by atoms with Crippen LogP contribution in [-0.2, 0) is 4.79 Å². The maximum Gasteiger partial charge on any atom is 0.225 e. The number of carbonyl (C=O) groups excluding carboxylic acids is 1. The van der Waals surface area contributed by atoms with Crippen molar-refractivity contribution in [1.29, 1.82) is 0 Å². The van der Waals surface area contributed by atoms with Crippen LogP contribution in [0.5, 0.6) is 0 Å². The molecule has 0 radical (unpaired) electrons. The molecule has 0 aliphatic rings. The molecule has 2 aromatic rings. The largest absolute Gasteiger partial charge is 0.362 e. The lowest BCUT2D eigenvalue weighted by atomic mass is 10.1. The van der Waals surface area contributed by atoms with Crippen LogP contribution in [0.1, 0.15) is 38.8 Å². The van der Waals surface area contributed by atoms with Gasteiger partial charge in [-0.25, -0.2) is 0 Å². The second-order valence-corrected chi connectivity index (χ2v) is 5.73. The Morgan fingerprint density at radius 3 is 2.23 bits per heavy atom. The number of hydrogen-bond donors (Lipinski definition) is 2. The second kappa shape index (κ2) is 7.54. The van der Waals surface area contributed by atoms with Gasteiger partial charge in [0.05, 0.1) is 0 Å². The molecule has 0 saturated heterocycles. The Balaban J connectivity index is 1.93. The lowest BCUT2D eigenvalue weighted by Crippen LogP contribution is -2.15. The van der Waals surface area contributed by atoms with Crippen molar-refractivity contribution in [1.82, 2.24) is 10.2 Å². The monoisotopic (exact) mass is 298 g/mol. The van der Waals surface area contributed by atoms with E-state index in [1.807, 2.05) is 38.1 Å². The lowest BCUT2D eigenvalue weighted by molar-refractivity contribution is -0.116. The number of carbonyl (C=O) groups is 1. The van der Waals surface area contributed by atoms with E-state index in [9.17, 15) is 4.79 Å². The van der Waals surface area contributed by atoms with E-state index in [1.54, 1.807) is 6.07 Å². The highest BCUT2D eigenvalue weighted by atomic mass is 16.1. The number of amides is 1. The Bertz CT molecular complexity index is 596. The standard InChI is InChI=1S/C17H22N4O/c1-12(2)11-17(22)19-16-10-9-15(20-21-16)18-13(3)14-7-5-4-6-8-14/h4-10,12-13H,11H2,1-3H3,(H,18,20)(H,19,21,22). The first kappa shape index (κ1) is 15.9. The van der Waals surface area contributed by atoms with Crippen LogP contribution in [0.15, 0.2) is 42.5 Å².